The molecule has 0 radical (unpaired) electrons. The van der Waals surface area contributed by atoms with Gasteiger partial charge in [-0.2, -0.15) is 0 Å². The van der Waals surface area contributed by atoms with Crippen LogP contribution in [-0.2, 0) is 0 Å². The van der Waals surface area contributed by atoms with Gasteiger partial charge in [0.2, 0.25) is 0 Å². The first-order valence-electron chi connectivity index (χ1n) is 6.95. The Balaban J connectivity index is 1.86. The van der Waals surface area contributed by atoms with Crippen molar-refractivity contribution < 1.29 is 14.1 Å². The molecular formula is C14H16FN3O3. The average molecular weight is 293 g/mol. The molecule has 2 heterocycles. The first-order chi connectivity index (χ1) is 10.0. The zero-order valence-electron chi connectivity index (χ0n) is 11.5. The summed E-state index contributed by atoms with van der Waals surface area (Å²) in [5.41, 5.74) is -0.424. The first-order valence-corrected chi connectivity index (χ1v) is 6.95. The second-order valence-electron chi connectivity index (χ2n) is 5.82. The second kappa shape index (κ2) is 5.07. The summed E-state index contributed by atoms with van der Waals surface area (Å²) in [5, 5.41) is 14.3. The van der Waals surface area contributed by atoms with E-state index in [2.05, 4.69) is 5.32 Å². The molecule has 2 saturated heterocycles. The number of nitrogens with one attached hydrogen (secondary N) is 1. The molecular weight excluding hydrogens is 277 g/mol. The number of hydrogen-bond acceptors (Lipinski definition) is 4. The fourth-order valence-corrected chi connectivity index (χ4v) is 3.26. The maximum atomic E-state index is 13.3. The molecule has 112 valence electrons. The summed E-state index contributed by atoms with van der Waals surface area (Å²) >= 11 is 0. The summed E-state index contributed by atoms with van der Waals surface area (Å²) in [6.07, 6.45) is 1.89. The highest BCUT2D eigenvalue weighted by Gasteiger charge is 2.42. The normalized spacial score (nSPS) is 24.7. The SMILES string of the molecule is O=C(c1cc(F)ccc1[N+](=O)[O-])N1CCC2(CCNC2)C1. The maximum absolute atomic E-state index is 13.3. The lowest BCUT2D eigenvalue weighted by Crippen LogP contribution is -2.33. The highest BCUT2D eigenvalue weighted by Crippen LogP contribution is 2.37. The van der Waals surface area contributed by atoms with Gasteiger partial charge in [-0.3, -0.25) is 14.9 Å². The molecule has 3 rings (SSSR count). The van der Waals surface area contributed by atoms with Crippen molar-refractivity contribution in [2.45, 2.75) is 12.8 Å². The van der Waals surface area contributed by atoms with Crippen molar-refractivity contribution in [1.82, 2.24) is 10.2 Å². The second-order valence-corrected chi connectivity index (χ2v) is 5.82. The number of carbonyl (C=O) groups is 1. The third-order valence-electron chi connectivity index (χ3n) is 4.44. The molecule has 21 heavy (non-hydrogen) atoms. The molecule has 1 amide bonds. The van der Waals surface area contributed by atoms with Gasteiger partial charge in [-0.15, -0.1) is 0 Å². The molecule has 1 spiro atoms. The van der Waals surface area contributed by atoms with Gasteiger partial charge in [0.25, 0.3) is 11.6 Å². The third-order valence-corrected chi connectivity index (χ3v) is 4.44. The van der Waals surface area contributed by atoms with Crippen molar-refractivity contribution in [3.05, 3.63) is 39.7 Å². The summed E-state index contributed by atoms with van der Waals surface area (Å²) in [6, 6.07) is 3.01. The van der Waals surface area contributed by atoms with Crippen molar-refractivity contribution >= 4 is 11.6 Å². The topological polar surface area (TPSA) is 75.5 Å². The molecule has 2 aliphatic heterocycles. The van der Waals surface area contributed by atoms with E-state index >= 15 is 0 Å². The maximum Gasteiger partial charge on any atom is 0.282 e. The first kappa shape index (κ1) is 13.9. The van der Waals surface area contributed by atoms with E-state index in [0.717, 1.165) is 44.1 Å². The van der Waals surface area contributed by atoms with Crippen LogP contribution in [0.2, 0.25) is 0 Å². The smallest absolute Gasteiger partial charge is 0.282 e. The number of nitro benzene ring substituents is 1. The number of likely N-dealkylation sites (tertiary alicyclic amines) is 1. The lowest BCUT2D eigenvalue weighted by atomic mass is 9.86. The molecule has 0 saturated carbocycles. The lowest BCUT2D eigenvalue weighted by Gasteiger charge is -2.22. The van der Waals surface area contributed by atoms with Crippen LogP contribution in [0.1, 0.15) is 23.2 Å². The molecule has 1 atom stereocenters. The zero-order valence-corrected chi connectivity index (χ0v) is 11.5. The Hall–Kier alpha value is -2.02. The van der Waals surface area contributed by atoms with Crippen LogP contribution in [0.15, 0.2) is 18.2 Å². The summed E-state index contributed by atoms with van der Waals surface area (Å²) in [4.78, 5) is 24.5. The number of benzene rings is 1. The molecule has 1 aromatic rings. The predicted octanol–water partition coefficient (Wildman–Crippen LogP) is 1.56. The Kier molecular flexibility index (Phi) is 3.36. The van der Waals surface area contributed by atoms with E-state index < -0.39 is 16.6 Å². The Morgan fingerprint density at radius 2 is 2.24 bits per heavy atom. The van der Waals surface area contributed by atoms with Crippen LogP contribution in [0.4, 0.5) is 10.1 Å². The van der Waals surface area contributed by atoms with Crippen molar-refractivity contribution in [2.24, 2.45) is 5.41 Å². The van der Waals surface area contributed by atoms with E-state index in [1.807, 2.05) is 0 Å². The lowest BCUT2D eigenvalue weighted by molar-refractivity contribution is -0.385. The molecule has 0 aromatic heterocycles. The van der Waals surface area contributed by atoms with Gasteiger partial charge < -0.3 is 10.2 Å². The summed E-state index contributed by atoms with van der Waals surface area (Å²) in [5.74, 6) is -1.09. The van der Waals surface area contributed by atoms with Gasteiger partial charge in [0.15, 0.2) is 0 Å². The molecule has 0 aliphatic carbocycles. The Labute approximate surface area is 121 Å². The van der Waals surface area contributed by atoms with Gasteiger partial charge in [-0.05, 0) is 31.5 Å². The Bertz CT molecular complexity index is 599. The van der Waals surface area contributed by atoms with Crippen molar-refractivity contribution in [2.75, 3.05) is 26.2 Å². The third kappa shape index (κ3) is 2.49. The summed E-state index contributed by atoms with van der Waals surface area (Å²) in [6.45, 7) is 2.94. The van der Waals surface area contributed by atoms with E-state index in [4.69, 9.17) is 0 Å². The van der Waals surface area contributed by atoms with E-state index in [9.17, 15) is 19.3 Å². The number of amides is 1. The Morgan fingerprint density at radius 1 is 1.43 bits per heavy atom. The van der Waals surface area contributed by atoms with E-state index in [1.54, 1.807) is 4.90 Å². The molecule has 0 bridgehead atoms. The minimum atomic E-state index is -0.643. The highest BCUT2D eigenvalue weighted by molar-refractivity contribution is 5.98. The number of nitro groups is 1. The Morgan fingerprint density at radius 3 is 2.90 bits per heavy atom. The number of nitrogens with zero attached hydrogens (tertiary/aromatic N) is 2. The van der Waals surface area contributed by atoms with Crippen molar-refractivity contribution in [1.29, 1.82) is 0 Å². The molecule has 1 aromatic carbocycles. The van der Waals surface area contributed by atoms with Crippen LogP contribution in [0, 0.1) is 21.3 Å². The monoisotopic (exact) mass is 293 g/mol. The van der Waals surface area contributed by atoms with Gasteiger partial charge in [0, 0.05) is 31.1 Å². The van der Waals surface area contributed by atoms with Gasteiger partial charge in [0.05, 0.1) is 4.92 Å². The fraction of sp³-hybridized carbons (Fsp3) is 0.500. The zero-order chi connectivity index (χ0) is 15.0. The summed E-state index contributed by atoms with van der Waals surface area (Å²) in [7, 11) is 0. The quantitative estimate of drug-likeness (QED) is 0.663. The number of hydrogen-bond donors (Lipinski definition) is 1. The highest BCUT2D eigenvalue weighted by atomic mass is 19.1. The van der Waals surface area contributed by atoms with Crippen LogP contribution < -0.4 is 5.32 Å². The molecule has 1 N–H and O–H groups in total. The molecule has 6 nitrogen and oxygen atoms in total. The fourth-order valence-electron chi connectivity index (χ4n) is 3.26. The van der Waals surface area contributed by atoms with Gasteiger partial charge in [-0.25, -0.2) is 4.39 Å². The van der Waals surface area contributed by atoms with Gasteiger partial charge in [-0.1, -0.05) is 0 Å². The van der Waals surface area contributed by atoms with Crippen LogP contribution in [0.5, 0.6) is 0 Å². The number of halogens is 1. The largest absolute Gasteiger partial charge is 0.338 e. The van der Waals surface area contributed by atoms with Crippen LogP contribution in [0.3, 0.4) is 0 Å². The number of rotatable bonds is 2. The van der Waals surface area contributed by atoms with Crippen LogP contribution >= 0.6 is 0 Å². The minimum Gasteiger partial charge on any atom is -0.338 e. The van der Waals surface area contributed by atoms with E-state index in [-0.39, 0.29) is 16.7 Å². The average Bonchev–Trinajstić information content (AvgIpc) is 3.08. The predicted molar refractivity (Wildman–Crippen MR) is 73.5 cm³/mol. The standard InChI is InChI=1S/C14H16FN3O3/c15-10-1-2-12(18(20)21)11(7-10)13(19)17-6-4-14(9-17)3-5-16-8-14/h1-2,7,16H,3-6,8-9H2. The van der Waals surface area contributed by atoms with Crippen LogP contribution in [-0.4, -0.2) is 41.9 Å². The van der Waals surface area contributed by atoms with Gasteiger partial charge >= 0.3 is 0 Å². The molecule has 7 heteroatoms. The number of carbonyl (C=O) groups excluding carboxylic acids is 1. The molecule has 1 unspecified atom stereocenters. The summed E-state index contributed by atoms with van der Waals surface area (Å²) < 4.78 is 13.3. The van der Waals surface area contributed by atoms with E-state index in [1.165, 1.54) is 0 Å². The van der Waals surface area contributed by atoms with E-state index in [0.29, 0.717) is 13.1 Å². The van der Waals surface area contributed by atoms with Crippen molar-refractivity contribution in [3.8, 4) is 0 Å². The molecule has 2 fully saturated rings. The van der Waals surface area contributed by atoms with Crippen molar-refractivity contribution in [3.63, 3.8) is 0 Å². The molecule has 2 aliphatic rings. The minimum absolute atomic E-state index is 0.0811. The van der Waals surface area contributed by atoms with Crippen LogP contribution in [0.25, 0.3) is 0 Å². The van der Waals surface area contributed by atoms with Gasteiger partial charge in [0.1, 0.15) is 11.4 Å².